The molecule has 2 atom stereocenters. The molecule has 2 unspecified atom stereocenters. The van der Waals surface area contributed by atoms with E-state index in [1.165, 1.54) is 19.3 Å². The molecule has 108 valence electrons. The third kappa shape index (κ3) is 6.69. The van der Waals surface area contributed by atoms with E-state index in [9.17, 15) is 5.11 Å². The number of hydrogen-bond donors (Lipinski definition) is 2. The van der Waals surface area contributed by atoms with Crippen molar-refractivity contribution in [2.24, 2.45) is 0 Å². The minimum atomic E-state index is -0.423. The van der Waals surface area contributed by atoms with Gasteiger partial charge in [-0.1, -0.05) is 26.2 Å². The first-order valence-electron chi connectivity index (χ1n) is 7.25. The quantitative estimate of drug-likeness (QED) is 0.587. The highest BCUT2D eigenvalue weighted by Gasteiger charge is 2.29. The summed E-state index contributed by atoms with van der Waals surface area (Å²) in [5.41, 5.74) is 0.0299. The summed E-state index contributed by atoms with van der Waals surface area (Å²) in [7, 11) is 0. The number of aliphatic hydroxyl groups excluding tert-OH is 1. The largest absolute Gasteiger partial charge is 0.389 e. The lowest BCUT2D eigenvalue weighted by Gasteiger charge is -2.25. The van der Waals surface area contributed by atoms with Gasteiger partial charge in [0.05, 0.1) is 19.3 Å². The summed E-state index contributed by atoms with van der Waals surface area (Å²) >= 11 is 0. The van der Waals surface area contributed by atoms with Gasteiger partial charge in [-0.2, -0.15) is 0 Å². The second kappa shape index (κ2) is 8.86. The highest BCUT2D eigenvalue weighted by molar-refractivity contribution is 4.87. The van der Waals surface area contributed by atoms with E-state index in [0.29, 0.717) is 13.2 Å². The van der Waals surface area contributed by atoms with E-state index in [1.54, 1.807) is 0 Å². The molecule has 1 aliphatic heterocycles. The summed E-state index contributed by atoms with van der Waals surface area (Å²) < 4.78 is 10.8. The molecule has 1 aliphatic rings. The molecule has 0 aliphatic carbocycles. The highest BCUT2D eigenvalue weighted by Crippen LogP contribution is 2.17. The maximum Gasteiger partial charge on any atom is 0.0897 e. The van der Waals surface area contributed by atoms with Gasteiger partial charge in [0.1, 0.15) is 0 Å². The SMILES string of the molecule is CCCCCCOCC(O)CNC1(C)CCOC1. The molecule has 0 aromatic carbocycles. The Labute approximate surface area is 111 Å². The van der Waals surface area contributed by atoms with Gasteiger partial charge < -0.3 is 19.9 Å². The van der Waals surface area contributed by atoms with E-state index in [0.717, 1.165) is 32.7 Å². The Bertz CT molecular complexity index is 205. The topological polar surface area (TPSA) is 50.7 Å². The van der Waals surface area contributed by atoms with E-state index in [1.807, 2.05) is 0 Å². The normalized spacial score (nSPS) is 25.5. The molecule has 0 spiro atoms. The van der Waals surface area contributed by atoms with Crippen LogP contribution in [0, 0.1) is 0 Å². The van der Waals surface area contributed by atoms with Crippen LogP contribution in [0.2, 0.25) is 0 Å². The molecule has 18 heavy (non-hydrogen) atoms. The first-order chi connectivity index (χ1) is 8.66. The van der Waals surface area contributed by atoms with Crippen molar-refractivity contribution in [2.75, 3.05) is 33.0 Å². The Morgan fingerprint density at radius 2 is 2.22 bits per heavy atom. The zero-order chi connectivity index (χ0) is 13.3. The maximum atomic E-state index is 9.80. The molecule has 4 nitrogen and oxygen atoms in total. The number of aliphatic hydroxyl groups is 1. The van der Waals surface area contributed by atoms with Crippen molar-refractivity contribution in [3.05, 3.63) is 0 Å². The number of ether oxygens (including phenoxy) is 2. The molecule has 1 fully saturated rings. The van der Waals surface area contributed by atoms with Crippen LogP contribution in [0.15, 0.2) is 0 Å². The first kappa shape index (κ1) is 15.9. The van der Waals surface area contributed by atoms with Gasteiger partial charge >= 0.3 is 0 Å². The molecule has 0 bridgehead atoms. The van der Waals surface area contributed by atoms with Crippen molar-refractivity contribution < 1.29 is 14.6 Å². The van der Waals surface area contributed by atoms with Crippen LogP contribution in [0.5, 0.6) is 0 Å². The average molecular weight is 259 g/mol. The van der Waals surface area contributed by atoms with Crippen molar-refractivity contribution >= 4 is 0 Å². The van der Waals surface area contributed by atoms with Gasteiger partial charge in [-0.25, -0.2) is 0 Å². The number of hydrogen-bond acceptors (Lipinski definition) is 4. The maximum absolute atomic E-state index is 9.80. The fraction of sp³-hybridized carbons (Fsp3) is 1.00. The average Bonchev–Trinajstić information content (AvgIpc) is 2.79. The summed E-state index contributed by atoms with van der Waals surface area (Å²) in [5, 5.41) is 13.2. The van der Waals surface area contributed by atoms with Crippen LogP contribution in [0.3, 0.4) is 0 Å². The van der Waals surface area contributed by atoms with Gasteiger partial charge in [0, 0.05) is 25.3 Å². The van der Waals surface area contributed by atoms with E-state index in [-0.39, 0.29) is 5.54 Å². The molecule has 0 radical (unpaired) electrons. The van der Waals surface area contributed by atoms with Crippen LogP contribution in [-0.4, -0.2) is 49.7 Å². The molecule has 1 rings (SSSR count). The number of unbranched alkanes of at least 4 members (excludes halogenated alkanes) is 3. The van der Waals surface area contributed by atoms with Crippen LogP contribution in [-0.2, 0) is 9.47 Å². The Morgan fingerprint density at radius 3 is 2.89 bits per heavy atom. The summed E-state index contributed by atoms with van der Waals surface area (Å²) in [4.78, 5) is 0. The minimum absolute atomic E-state index is 0.0299. The molecule has 1 saturated heterocycles. The fourth-order valence-electron chi connectivity index (χ4n) is 2.08. The summed E-state index contributed by atoms with van der Waals surface area (Å²) in [5.74, 6) is 0. The molecule has 2 N–H and O–H groups in total. The van der Waals surface area contributed by atoms with E-state index < -0.39 is 6.10 Å². The van der Waals surface area contributed by atoms with Gasteiger partial charge in [0.25, 0.3) is 0 Å². The second-order valence-corrected chi connectivity index (χ2v) is 5.53. The standard InChI is InChI=1S/C14H29NO3/c1-3-4-5-6-8-17-11-13(16)10-15-14(2)7-9-18-12-14/h13,15-16H,3-12H2,1-2H3. The summed E-state index contributed by atoms with van der Waals surface area (Å²) in [6.45, 7) is 7.65. The number of rotatable bonds is 10. The van der Waals surface area contributed by atoms with Crippen molar-refractivity contribution in [1.82, 2.24) is 5.32 Å². The Kier molecular flexibility index (Phi) is 7.82. The van der Waals surface area contributed by atoms with E-state index in [2.05, 4.69) is 19.2 Å². The lowest BCUT2D eigenvalue weighted by Crippen LogP contribution is -2.47. The number of nitrogens with one attached hydrogen (secondary N) is 1. The predicted octanol–water partition coefficient (Wildman–Crippen LogP) is 1.71. The van der Waals surface area contributed by atoms with Crippen molar-refractivity contribution in [3.8, 4) is 0 Å². The smallest absolute Gasteiger partial charge is 0.0897 e. The highest BCUT2D eigenvalue weighted by atomic mass is 16.5. The van der Waals surface area contributed by atoms with Crippen molar-refractivity contribution in [3.63, 3.8) is 0 Å². The zero-order valence-corrected chi connectivity index (χ0v) is 11.9. The fourth-order valence-corrected chi connectivity index (χ4v) is 2.08. The monoisotopic (exact) mass is 259 g/mol. The Balaban J connectivity index is 1.95. The van der Waals surface area contributed by atoms with Crippen LogP contribution in [0.4, 0.5) is 0 Å². The first-order valence-corrected chi connectivity index (χ1v) is 7.25. The molecule has 0 aromatic heterocycles. The molecule has 0 saturated carbocycles. The third-order valence-corrected chi connectivity index (χ3v) is 3.44. The van der Waals surface area contributed by atoms with Gasteiger partial charge in [0.15, 0.2) is 0 Å². The predicted molar refractivity (Wildman–Crippen MR) is 72.8 cm³/mol. The van der Waals surface area contributed by atoms with Crippen LogP contribution in [0.25, 0.3) is 0 Å². The molecule has 4 heteroatoms. The molecule has 0 aromatic rings. The molecular formula is C14H29NO3. The van der Waals surface area contributed by atoms with Crippen LogP contribution < -0.4 is 5.32 Å². The zero-order valence-electron chi connectivity index (χ0n) is 11.9. The molecular weight excluding hydrogens is 230 g/mol. The molecule has 1 heterocycles. The Hall–Kier alpha value is -0.160. The third-order valence-electron chi connectivity index (χ3n) is 3.44. The van der Waals surface area contributed by atoms with Gasteiger partial charge in [-0.3, -0.25) is 0 Å². The van der Waals surface area contributed by atoms with Gasteiger partial charge in [-0.15, -0.1) is 0 Å². The van der Waals surface area contributed by atoms with E-state index >= 15 is 0 Å². The van der Waals surface area contributed by atoms with Crippen molar-refractivity contribution in [2.45, 2.75) is 57.6 Å². The van der Waals surface area contributed by atoms with E-state index in [4.69, 9.17) is 9.47 Å². The second-order valence-electron chi connectivity index (χ2n) is 5.53. The van der Waals surface area contributed by atoms with Crippen molar-refractivity contribution in [1.29, 1.82) is 0 Å². The van der Waals surface area contributed by atoms with Gasteiger partial charge in [-0.05, 0) is 19.8 Å². The number of β-amino-alcohol motifs (C(OH)–C–C–N with tert-alkyl or cyclic N) is 1. The lowest BCUT2D eigenvalue weighted by atomic mass is 10.0. The molecule has 0 amide bonds. The van der Waals surface area contributed by atoms with Gasteiger partial charge in [0.2, 0.25) is 0 Å². The Morgan fingerprint density at radius 1 is 1.39 bits per heavy atom. The van der Waals surface area contributed by atoms with Crippen LogP contribution >= 0.6 is 0 Å². The van der Waals surface area contributed by atoms with Crippen LogP contribution in [0.1, 0.15) is 46.0 Å². The summed E-state index contributed by atoms with van der Waals surface area (Å²) in [6.07, 6.45) is 5.42. The minimum Gasteiger partial charge on any atom is -0.389 e. The summed E-state index contributed by atoms with van der Waals surface area (Å²) in [6, 6.07) is 0. The lowest BCUT2D eigenvalue weighted by molar-refractivity contribution is 0.0310.